The van der Waals surface area contributed by atoms with Crippen LogP contribution in [0.25, 0.3) is 0 Å². The molecule has 0 atom stereocenters. The molecule has 8 heteroatoms. The Kier molecular flexibility index (Phi) is 6.59. The van der Waals surface area contributed by atoms with Gasteiger partial charge in [0.05, 0.1) is 25.9 Å². The fraction of sp³-hybridized carbons (Fsp3) is 0.316. The third-order valence-electron chi connectivity index (χ3n) is 3.76. The number of rotatable bonds is 7. The van der Waals surface area contributed by atoms with Gasteiger partial charge in [-0.3, -0.25) is 4.79 Å². The molecule has 27 heavy (non-hydrogen) atoms. The molecular formula is C19H22N2O6. The number of aromatic amines is 1. The lowest BCUT2D eigenvalue weighted by Gasteiger charge is -2.08. The number of aromatic nitrogens is 1. The third-order valence-corrected chi connectivity index (χ3v) is 3.76. The molecule has 0 aliphatic heterocycles. The van der Waals surface area contributed by atoms with Gasteiger partial charge in [-0.25, -0.2) is 9.59 Å². The molecular weight excluding hydrogens is 352 g/mol. The summed E-state index contributed by atoms with van der Waals surface area (Å²) in [6.07, 6.45) is 0. The maximum Gasteiger partial charge on any atom is 0.355 e. The number of benzene rings is 1. The first-order chi connectivity index (χ1) is 12.9. The van der Waals surface area contributed by atoms with E-state index in [1.54, 1.807) is 45.0 Å². The predicted molar refractivity (Wildman–Crippen MR) is 98.4 cm³/mol. The first-order valence-electron chi connectivity index (χ1n) is 8.45. The van der Waals surface area contributed by atoms with Crippen LogP contribution >= 0.6 is 0 Å². The first-order valence-corrected chi connectivity index (χ1v) is 8.45. The molecule has 2 N–H and O–H groups in total. The Balaban J connectivity index is 2.43. The fourth-order valence-corrected chi connectivity index (χ4v) is 2.52. The Bertz CT molecular complexity index is 856. The van der Waals surface area contributed by atoms with Crippen molar-refractivity contribution in [1.82, 2.24) is 4.98 Å². The molecule has 0 bridgehead atoms. The number of amides is 1. The smallest absolute Gasteiger partial charge is 0.355 e. The summed E-state index contributed by atoms with van der Waals surface area (Å²) in [6, 6.07) is 6.75. The summed E-state index contributed by atoms with van der Waals surface area (Å²) in [5.41, 5.74) is 0.731. The van der Waals surface area contributed by atoms with Gasteiger partial charge >= 0.3 is 11.9 Å². The van der Waals surface area contributed by atoms with Crippen LogP contribution in [-0.4, -0.2) is 43.2 Å². The minimum atomic E-state index is -0.697. The van der Waals surface area contributed by atoms with E-state index in [0.717, 1.165) is 0 Å². The standard InChI is InChI=1S/C19H22N2O6/c1-5-26-18(23)14-11(3)15(19(24)27-6-2)21-16(14)17(22)20-12-8-7-9-13(10-12)25-4/h7-10,21H,5-6H2,1-4H3,(H,20,22). The molecule has 0 saturated carbocycles. The number of esters is 2. The van der Waals surface area contributed by atoms with Crippen molar-refractivity contribution in [2.75, 3.05) is 25.6 Å². The van der Waals surface area contributed by atoms with Gasteiger partial charge in [-0.2, -0.15) is 0 Å². The Morgan fingerprint density at radius 1 is 1.04 bits per heavy atom. The highest BCUT2D eigenvalue weighted by molar-refractivity contribution is 6.12. The van der Waals surface area contributed by atoms with Crippen molar-refractivity contribution in [1.29, 1.82) is 0 Å². The van der Waals surface area contributed by atoms with Gasteiger partial charge in [-0.1, -0.05) is 6.07 Å². The Morgan fingerprint density at radius 3 is 2.33 bits per heavy atom. The number of ether oxygens (including phenoxy) is 3. The van der Waals surface area contributed by atoms with Crippen LogP contribution in [0.4, 0.5) is 5.69 Å². The highest BCUT2D eigenvalue weighted by Crippen LogP contribution is 2.23. The highest BCUT2D eigenvalue weighted by atomic mass is 16.5. The van der Waals surface area contributed by atoms with Crippen molar-refractivity contribution < 1.29 is 28.6 Å². The van der Waals surface area contributed by atoms with Crippen LogP contribution in [0.2, 0.25) is 0 Å². The number of hydrogen-bond acceptors (Lipinski definition) is 6. The van der Waals surface area contributed by atoms with E-state index in [-0.39, 0.29) is 30.2 Å². The van der Waals surface area contributed by atoms with Crippen LogP contribution in [0.3, 0.4) is 0 Å². The van der Waals surface area contributed by atoms with Crippen molar-refractivity contribution in [2.24, 2.45) is 0 Å². The van der Waals surface area contributed by atoms with Gasteiger partial charge in [0.2, 0.25) is 0 Å². The van der Waals surface area contributed by atoms with Crippen molar-refractivity contribution in [3.63, 3.8) is 0 Å². The molecule has 1 heterocycles. The van der Waals surface area contributed by atoms with E-state index in [0.29, 0.717) is 17.0 Å². The van der Waals surface area contributed by atoms with Crippen molar-refractivity contribution >= 4 is 23.5 Å². The van der Waals surface area contributed by atoms with E-state index in [2.05, 4.69) is 10.3 Å². The molecule has 1 aromatic heterocycles. The average molecular weight is 374 g/mol. The lowest BCUT2D eigenvalue weighted by Crippen LogP contribution is -2.18. The van der Waals surface area contributed by atoms with Gasteiger partial charge in [0.1, 0.15) is 17.1 Å². The predicted octanol–water partition coefficient (Wildman–Crippen LogP) is 2.94. The van der Waals surface area contributed by atoms with E-state index >= 15 is 0 Å². The zero-order valence-electron chi connectivity index (χ0n) is 15.7. The number of anilines is 1. The second kappa shape index (κ2) is 8.88. The van der Waals surface area contributed by atoms with Crippen LogP contribution in [0, 0.1) is 6.92 Å². The van der Waals surface area contributed by atoms with Crippen LogP contribution in [-0.2, 0) is 9.47 Å². The summed E-state index contributed by atoms with van der Waals surface area (Å²) >= 11 is 0. The highest BCUT2D eigenvalue weighted by Gasteiger charge is 2.29. The zero-order chi connectivity index (χ0) is 20.0. The molecule has 1 aromatic carbocycles. The molecule has 0 radical (unpaired) electrons. The van der Waals surface area contributed by atoms with Crippen LogP contribution in [0.15, 0.2) is 24.3 Å². The number of methoxy groups -OCH3 is 1. The second-order valence-electron chi connectivity index (χ2n) is 5.50. The Hall–Kier alpha value is -3.29. The summed E-state index contributed by atoms with van der Waals surface area (Å²) in [5.74, 6) is -1.38. The van der Waals surface area contributed by atoms with Crippen molar-refractivity contribution in [3.8, 4) is 5.75 Å². The monoisotopic (exact) mass is 374 g/mol. The molecule has 0 saturated heterocycles. The van der Waals surface area contributed by atoms with Crippen LogP contribution in [0.1, 0.15) is 50.7 Å². The number of carbonyl (C=O) groups excluding carboxylic acids is 3. The van der Waals surface area contributed by atoms with Gasteiger partial charge in [0, 0.05) is 11.8 Å². The maximum absolute atomic E-state index is 12.7. The van der Waals surface area contributed by atoms with E-state index in [1.807, 2.05) is 0 Å². The van der Waals surface area contributed by atoms with Gasteiger partial charge in [-0.05, 0) is 38.5 Å². The third kappa shape index (κ3) is 4.46. The topological polar surface area (TPSA) is 107 Å². The molecule has 0 unspecified atom stereocenters. The summed E-state index contributed by atoms with van der Waals surface area (Å²) < 4.78 is 15.1. The van der Waals surface area contributed by atoms with Gasteiger partial charge in [0.15, 0.2) is 0 Å². The Morgan fingerprint density at radius 2 is 1.70 bits per heavy atom. The van der Waals surface area contributed by atoms with Gasteiger partial charge in [-0.15, -0.1) is 0 Å². The maximum atomic E-state index is 12.7. The number of hydrogen-bond donors (Lipinski definition) is 2. The molecule has 2 rings (SSSR count). The summed E-state index contributed by atoms with van der Waals surface area (Å²) in [5, 5.41) is 2.67. The second-order valence-corrected chi connectivity index (χ2v) is 5.50. The quantitative estimate of drug-likeness (QED) is 0.722. The summed E-state index contributed by atoms with van der Waals surface area (Å²) in [4.78, 5) is 39.9. The van der Waals surface area contributed by atoms with Crippen molar-refractivity contribution in [3.05, 3.63) is 46.8 Å². The first kappa shape index (κ1) is 20.0. The number of nitrogens with one attached hydrogen (secondary N) is 2. The molecule has 0 aliphatic rings. The minimum Gasteiger partial charge on any atom is -0.497 e. The number of H-pyrrole nitrogens is 1. The van der Waals surface area contributed by atoms with Gasteiger partial charge in [0.25, 0.3) is 5.91 Å². The van der Waals surface area contributed by atoms with Crippen molar-refractivity contribution in [2.45, 2.75) is 20.8 Å². The molecule has 8 nitrogen and oxygen atoms in total. The average Bonchev–Trinajstić information content (AvgIpc) is 3.00. The minimum absolute atomic E-state index is 0.000277. The Labute approximate surface area is 156 Å². The molecule has 0 fully saturated rings. The molecule has 1 amide bonds. The normalized spacial score (nSPS) is 10.2. The van der Waals surface area contributed by atoms with Crippen LogP contribution < -0.4 is 10.1 Å². The molecule has 0 spiro atoms. The number of carbonyl (C=O) groups is 3. The zero-order valence-corrected chi connectivity index (χ0v) is 15.7. The van der Waals surface area contributed by atoms with E-state index in [4.69, 9.17) is 14.2 Å². The molecule has 2 aromatic rings. The van der Waals surface area contributed by atoms with E-state index in [9.17, 15) is 14.4 Å². The van der Waals surface area contributed by atoms with E-state index in [1.165, 1.54) is 7.11 Å². The molecule has 0 aliphatic carbocycles. The molecule has 144 valence electrons. The lowest BCUT2D eigenvalue weighted by molar-refractivity contribution is 0.0517. The fourth-order valence-electron chi connectivity index (χ4n) is 2.52. The summed E-state index contributed by atoms with van der Waals surface area (Å²) in [6.45, 7) is 5.17. The summed E-state index contributed by atoms with van der Waals surface area (Å²) in [7, 11) is 1.51. The largest absolute Gasteiger partial charge is 0.497 e. The van der Waals surface area contributed by atoms with Crippen LogP contribution in [0.5, 0.6) is 5.75 Å². The SMILES string of the molecule is CCOC(=O)c1[nH]c(C(=O)Nc2cccc(OC)c2)c(C(=O)OCC)c1C. The lowest BCUT2D eigenvalue weighted by atomic mass is 10.1. The van der Waals surface area contributed by atoms with E-state index < -0.39 is 17.8 Å². The van der Waals surface area contributed by atoms with Gasteiger partial charge < -0.3 is 24.5 Å².